The molecular weight excluding hydrogens is 396 g/mol. The van der Waals surface area contributed by atoms with E-state index in [-0.39, 0.29) is 4.90 Å². The molecule has 2 aromatic carbocycles. The van der Waals surface area contributed by atoms with Gasteiger partial charge in [-0.3, -0.25) is 4.72 Å². The van der Waals surface area contributed by atoms with E-state index in [9.17, 15) is 8.42 Å². The van der Waals surface area contributed by atoms with E-state index in [2.05, 4.69) is 25.6 Å². The Hall–Kier alpha value is -1.70. The molecule has 4 nitrogen and oxygen atoms in total. The molecule has 3 rings (SSSR count). The second-order valence-corrected chi connectivity index (χ2v) is 8.55. The Morgan fingerprint density at radius 2 is 1.70 bits per heavy atom. The standard InChI is InChI=1S/C16H13BrN2O2S2/c1-11-18-16(10-22-11)12-2-6-14(7-3-12)19-23(20,21)15-8-4-13(17)5-9-15/h2-10,19H,1H3. The van der Waals surface area contributed by atoms with Crippen LogP contribution in [0.15, 0.2) is 63.3 Å². The van der Waals surface area contributed by atoms with Gasteiger partial charge >= 0.3 is 0 Å². The monoisotopic (exact) mass is 408 g/mol. The molecule has 23 heavy (non-hydrogen) atoms. The van der Waals surface area contributed by atoms with Crippen LogP contribution in [0.1, 0.15) is 5.01 Å². The van der Waals surface area contributed by atoms with Crippen LogP contribution in [0.2, 0.25) is 0 Å². The molecule has 0 saturated heterocycles. The van der Waals surface area contributed by atoms with Crippen LogP contribution in [0.5, 0.6) is 0 Å². The number of rotatable bonds is 4. The van der Waals surface area contributed by atoms with E-state index in [4.69, 9.17) is 0 Å². The molecule has 0 atom stereocenters. The molecule has 0 aliphatic heterocycles. The van der Waals surface area contributed by atoms with E-state index in [1.165, 1.54) is 0 Å². The summed E-state index contributed by atoms with van der Waals surface area (Å²) in [5.41, 5.74) is 2.37. The molecule has 0 unspecified atom stereocenters. The molecule has 1 N–H and O–H groups in total. The van der Waals surface area contributed by atoms with Gasteiger partial charge in [0.1, 0.15) is 0 Å². The smallest absolute Gasteiger partial charge is 0.261 e. The molecule has 1 heterocycles. The zero-order valence-corrected chi connectivity index (χ0v) is 15.4. The van der Waals surface area contributed by atoms with Crippen molar-refractivity contribution in [3.63, 3.8) is 0 Å². The van der Waals surface area contributed by atoms with Crippen LogP contribution < -0.4 is 4.72 Å². The molecule has 0 aliphatic carbocycles. The average molecular weight is 409 g/mol. The first-order chi connectivity index (χ1) is 10.9. The number of anilines is 1. The Labute approximate surface area is 147 Å². The van der Waals surface area contributed by atoms with Crippen molar-refractivity contribution in [2.45, 2.75) is 11.8 Å². The molecule has 0 spiro atoms. The number of sulfonamides is 1. The first kappa shape index (κ1) is 16.2. The summed E-state index contributed by atoms with van der Waals surface area (Å²) < 4.78 is 28.1. The zero-order valence-electron chi connectivity index (χ0n) is 12.2. The molecule has 118 valence electrons. The Balaban J connectivity index is 1.81. The van der Waals surface area contributed by atoms with Gasteiger partial charge in [-0.25, -0.2) is 13.4 Å². The highest BCUT2D eigenvalue weighted by Crippen LogP contribution is 2.24. The fourth-order valence-corrected chi connectivity index (χ4v) is 3.98. The van der Waals surface area contributed by atoms with Gasteiger partial charge in [-0.2, -0.15) is 0 Å². The lowest BCUT2D eigenvalue weighted by molar-refractivity contribution is 0.601. The number of aryl methyl sites for hydroxylation is 1. The minimum absolute atomic E-state index is 0.222. The second-order valence-electron chi connectivity index (χ2n) is 4.89. The summed E-state index contributed by atoms with van der Waals surface area (Å²) in [7, 11) is -3.59. The fourth-order valence-electron chi connectivity index (χ4n) is 2.03. The lowest BCUT2D eigenvalue weighted by atomic mass is 10.1. The topological polar surface area (TPSA) is 59.1 Å². The van der Waals surface area contributed by atoms with Crippen molar-refractivity contribution in [3.05, 3.63) is 63.4 Å². The number of aromatic nitrogens is 1. The van der Waals surface area contributed by atoms with E-state index in [0.717, 1.165) is 20.7 Å². The predicted octanol–water partition coefficient (Wildman–Crippen LogP) is 4.68. The largest absolute Gasteiger partial charge is 0.280 e. The number of hydrogen-bond donors (Lipinski definition) is 1. The summed E-state index contributed by atoms with van der Waals surface area (Å²) in [5.74, 6) is 0. The van der Waals surface area contributed by atoms with Gasteiger partial charge in [0.2, 0.25) is 0 Å². The van der Waals surface area contributed by atoms with E-state index in [1.54, 1.807) is 47.7 Å². The van der Waals surface area contributed by atoms with Gasteiger partial charge < -0.3 is 0 Å². The maximum atomic E-state index is 12.3. The highest BCUT2D eigenvalue weighted by atomic mass is 79.9. The quantitative estimate of drug-likeness (QED) is 0.681. The first-order valence-corrected chi connectivity index (χ1v) is 9.90. The lowest BCUT2D eigenvalue weighted by Crippen LogP contribution is -2.12. The third-order valence-corrected chi connectivity index (χ3v) is 5.88. The molecule has 0 radical (unpaired) electrons. The zero-order chi connectivity index (χ0) is 16.4. The number of benzene rings is 2. The van der Waals surface area contributed by atoms with E-state index >= 15 is 0 Å². The summed E-state index contributed by atoms with van der Waals surface area (Å²) in [4.78, 5) is 4.64. The number of nitrogens with one attached hydrogen (secondary N) is 1. The van der Waals surface area contributed by atoms with Crippen LogP contribution in [0, 0.1) is 6.92 Å². The first-order valence-electron chi connectivity index (χ1n) is 6.75. The van der Waals surface area contributed by atoms with Crippen molar-refractivity contribution in [1.29, 1.82) is 0 Å². The molecule has 0 amide bonds. The fraction of sp³-hybridized carbons (Fsp3) is 0.0625. The van der Waals surface area contributed by atoms with Crippen LogP contribution in [0.25, 0.3) is 11.3 Å². The lowest BCUT2D eigenvalue weighted by Gasteiger charge is -2.08. The van der Waals surface area contributed by atoms with Crippen molar-refractivity contribution in [2.24, 2.45) is 0 Å². The normalized spacial score (nSPS) is 11.4. The molecule has 0 aliphatic rings. The van der Waals surface area contributed by atoms with Gasteiger partial charge in [0.05, 0.1) is 15.6 Å². The summed E-state index contributed by atoms with van der Waals surface area (Å²) in [5, 5.41) is 2.98. The third-order valence-electron chi connectivity index (χ3n) is 3.18. The number of hydrogen-bond acceptors (Lipinski definition) is 4. The van der Waals surface area contributed by atoms with Crippen LogP contribution in [0.4, 0.5) is 5.69 Å². The van der Waals surface area contributed by atoms with Crippen LogP contribution >= 0.6 is 27.3 Å². The Kier molecular flexibility index (Phi) is 4.52. The maximum Gasteiger partial charge on any atom is 0.261 e. The molecule has 0 saturated carbocycles. The number of nitrogens with zero attached hydrogens (tertiary/aromatic N) is 1. The number of halogens is 1. The molecule has 7 heteroatoms. The highest BCUT2D eigenvalue weighted by molar-refractivity contribution is 9.10. The minimum atomic E-state index is -3.59. The van der Waals surface area contributed by atoms with E-state index in [0.29, 0.717) is 5.69 Å². The molecule has 0 fully saturated rings. The summed E-state index contributed by atoms with van der Waals surface area (Å²) in [6.07, 6.45) is 0. The van der Waals surface area contributed by atoms with Crippen LogP contribution in [-0.4, -0.2) is 13.4 Å². The SMILES string of the molecule is Cc1nc(-c2ccc(NS(=O)(=O)c3ccc(Br)cc3)cc2)cs1. The number of thiazole rings is 1. The highest BCUT2D eigenvalue weighted by Gasteiger charge is 2.14. The predicted molar refractivity (Wildman–Crippen MR) is 97.2 cm³/mol. The average Bonchev–Trinajstić information content (AvgIpc) is 2.95. The Morgan fingerprint density at radius 1 is 1.04 bits per heavy atom. The van der Waals surface area contributed by atoms with E-state index in [1.807, 2.05) is 24.4 Å². The molecular formula is C16H13BrN2O2S2. The summed E-state index contributed by atoms with van der Waals surface area (Å²) in [6, 6.07) is 13.7. The Bertz CT molecular complexity index is 917. The maximum absolute atomic E-state index is 12.3. The molecule has 3 aromatic rings. The van der Waals surface area contributed by atoms with Gasteiger partial charge in [-0.05, 0) is 43.3 Å². The summed E-state index contributed by atoms with van der Waals surface area (Å²) >= 11 is 4.88. The Morgan fingerprint density at radius 3 is 2.26 bits per heavy atom. The van der Waals surface area contributed by atoms with Crippen molar-refractivity contribution in [2.75, 3.05) is 4.72 Å². The van der Waals surface area contributed by atoms with Gasteiger partial charge in [-0.15, -0.1) is 11.3 Å². The van der Waals surface area contributed by atoms with Crippen molar-refractivity contribution in [3.8, 4) is 11.3 Å². The third kappa shape index (κ3) is 3.80. The molecule has 1 aromatic heterocycles. The van der Waals surface area contributed by atoms with Crippen LogP contribution in [-0.2, 0) is 10.0 Å². The summed E-state index contributed by atoms with van der Waals surface area (Å²) in [6.45, 7) is 1.95. The second kappa shape index (κ2) is 6.43. The van der Waals surface area contributed by atoms with Gasteiger partial charge in [-0.1, -0.05) is 28.1 Å². The van der Waals surface area contributed by atoms with Gasteiger partial charge in [0.25, 0.3) is 10.0 Å². The van der Waals surface area contributed by atoms with Gasteiger partial charge in [0.15, 0.2) is 0 Å². The minimum Gasteiger partial charge on any atom is -0.280 e. The molecule has 0 bridgehead atoms. The van der Waals surface area contributed by atoms with E-state index < -0.39 is 10.0 Å². The van der Waals surface area contributed by atoms with Gasteiger partial charge in [0, 0.05) is 21.1 Å². The van der Waals surface area contributed by atoms with Crippen molar-refractivity contribution in [1.82, 2.24) is 4.98 Å². The van der Waals surface area contributed by atoms with Crippen LogP contribution in [0.3, 0.4) is 0 Å². The van der Waals surface area contributed by atoms with Crippen molar-refractivity contribution >= 4 is 43.0 Å². The van der Waals surface area contributed by atoms with Crippen molar-refractivity contribution < 1.29 is 8.42 Å².